The lowest BCUT2D eigenvalue weighted by Gasteiger charge is -2.20. The van der Waals surface area contributed by atoms with Crippen molar-refractivity contribution in [3.8, 4) is 11.5 Å². The topological polar surface area (TPSA) is 89.6 Å². The first-order chi connectivity index (χ1) is 12.2. The number of nitrogens with one attached hydrogen (secondary N) is 1. The SMILES string of the molecule is CO[C@@H]1CN(C(=O)Cc2ccc3c(c2)OCCO3)C[C@H]1c1cn[nH]n1. The van der Waals surface area contributed by atoms with Crippen LogP contribution in [0.2, 0.25) is 0 Å². The van der Waals surface area contributed by atoms with Crippen molar-refractivity contribution in [2.75, 3.05) is 33.4 Å². The quantitative estimate of drug-likeness (QED) is 0.881. The van der Waals surface area contributed by atoms with E-state index >= 15 is 0 Å². The van der Waals surface area contributed by atoms with Gasteiger partial charge < -0.3 is 19.1 Å². The maximum absolute atomic E-state index is 12.7. The summed E-state index contributed by atoms with van der Waals surface area (Å²) in [5.74, 6) is 1.53. The summed E-state index contributed by atoms with van der Waals surface area (Å²) in [5.41, 5.74) is 1.73. The van der Waals surface area contributed by atoms with Gasteiger partial charge in [-0.1, -0.05) is 6.07 Å². The second-order valence-corrected chi connectivity index (χ2v) is 6.23. The molecule has 132 valence electrons. The third-order valence-electron chi connectivity index (χ3n) is 4.70. The van der Waals surface area contributed by atoms with Crippen molar-refractivity contribution in [2.24, 2.45) is 0 Å². The zero-order chi connectivity index (χ0) is 17.2. The van der Waals surface area contributed by atoms with Crippen LogP contribution in [0, 0.1) is 0 Å². The van der Waals surface area contributed by atoms with Crippen LogP contribution in [-0.4, -0.2) is 65.7 Å². The van der Waals surface area contributed by atoms with Gasteiger partial charge in [0.25, 0.3) is 0 Å². The van der Waals surface area contributed by atoms with Gasteiger partial charge in [0.1, 0.15) is 13.2 Å². The summed E-state index contributed by atoms with van der Waals surface area (Å²) in [7, 11) is 1.66. The Balaban J connectivity index is 1.44. The Morgan fingerprint density at radius 1 is 1.32 bits per heavy atom. The lowest BCUT2D eigenvalue weighted by Crippen LogP contribution is -2.31. The van der Waals surface area contributed by atoms with E-state index in [2.05, 4.69) is 15.4 Å². The number of amides is 1. The lowest BCUT2D eigenvalue weighted by molar-refractivity contribution is -0.129. The van der Waals surface area contributed by atoms with Crippen molar-refractivity contribution in [1.82, 2.24) is 20.3 Å². The number of aromatic nitrogens is 3. The molecule has 25 heavy (non-hydrogen) atoms. The first kappa shape index (κ1) is 15.9. The Morgan fingerprint density at radius 2 is 2.16 bits per heavy atom. The largest absolute Gasteiger partial charge is 0.486 e. The third-order valence-corrected chi connectivity index (χ3v) is 4.70. The van der Waals surface area contributed by atoms with Gasteiger partial charge >= 0.3 is 0 Å². The van der Waals surface area contributed by atoms with E-state index < -0.39 is 0 Å². The molecule has 0 radical (unpaired) electrons. The van der Waals surface area contributed by atoms with Gasteiger partial charge in [0, 0.05) is 20.2 Å². The number of hydrogen-bond acceptors (Lipinski definition) is 6. The van der Waals surface area contributed by atoms with E-state index in [-0.39, 0.29) is 17.9 Å². The Bertz CT molecular complexity index is 749. The van der Waals surface area contributed by atoms with Crippen LogP contribution in [-0.2, 0) is 16.0 Å². The summed E-state index contributed by atoms with van der Waals surface area (Å²) in [6.07, 6.45) is 1.93. The average Bonchev–Trinajstić information content (AvgIpc) is 3.30. The van der Waals surface area contributed by atoms with Crippen molar-refractivity contribution in [1.29, 1.82) is 0 Å². The molecule has 0 spiro atoms. The van der Waals surface area contributed by atoms with E-state index in [4.69, 9.17) is 14.2 Å². The van der Waals surface area contributed by atoms with E-state index in [0.717, 1.165) is 17.0 Å². The fourth-order valence-electron chi connectivity index (χ4n) is 3.37. The van der Waals surface area contributed by atoms with E-state index in [9.17, 15) is 4.79 Å². The van der Waals surface area contributed by atoms with Crippen LogP contribution >= 0.6 is 0 Å². The summed E-state index contributed by atoms with van der Waals surface area (Å²) in [5, 5.41) is 10.6. The molecule has 1 fully saturated rings. The standard InChI is InChI=1S/C17H20N4O4/c1-23-16-10-21(9-12(16)13-8-18-20-19-13)17(22)7-11-2-3-14-15(6-11)25-5-4-24-14/h2-3,6,8,12,16H,4-5,7,9-10H2,1H3,(H,18,19,20)/t12-,16+/m0/s1. The molecule has 3 heterocycles. The number of aromatic amines is 1. The highest BCUT2D eigenvalue weighted by atomic mass is 16.6. The fourth-order valence-corrected chi connectivity index (χ4v) is 3.37. The Morgan fingerprint density at radius 3 is 2.92 bits per heavy atom. The van der Waals surface area contributed by atoms with Gasteiger partial charge in [-0.2, -0.15) is 15.4 Å². The van der Waals surface area contributed by atoms with Gasteiger partial charge in [0.15, 0.2) is 11.5 Å². The van der Waals surface area contributed by atoms with Crippen LogP contribution in [0.5, 0.6) is 11.5 Å². The van der Waals surface area contributed by atoms with Gasteiger partial charge in [-0.05, 0) is 17.7 Å². The van der Waals surface area contributed by atoms with Crippen LogP contribution in [0.3, 0.4) is 0 Å². The molecule has 0 unspecified atom stereocenters. The Kier molecular flexibility index (Phi) is 4.27. The zero-order valence-electron chi connectivity index (χ0n) is 14.0. The van der Waals surface area contributed by atoms with Crippen molar-refractivity contribution in [3.63, 3.8) is 0 Å². The number of likely N-dealkylation sites (tertiary alicyclic amines) is 1. The normalized spacial score (nSPS) is 22.2. The number of rotatable bonds is 4. The number of fused-ring (bicyclic) bond motifs is 1. The van der Waals surface area contributed by atoms with E-state index in [0.29, 0.717) is 38.5 Å². The molecular formula is C17H20N4O4. The van der Waals surface area contributed by atoms with Crippen molar-refractivity contribution in [3.05, 3.63) is 35.7 Å². The van der Waals surface area contributed by atoms with Crippen molar-refractivity contribution >= 4 is 5.91 Å². The molecule has 8 heteroatoms. The second kappa shape index (κ2) is 6.72. The van der Waals surface area contributed by atoms with Crippen LogP contribution in [0.4, 0.5) is 0 Å². The zero-order valence-corrected chi connectivity index (χ0v) is 14.0. The van der Waals surface area contributed by atoms with E-state index in [1.807, 2.05) is 23.1 Å². The molecular weight excluding hydrogens is 324 g/mol. The molecule has 0 aliphatic carbocycles. The van der Waals surface area contributed by atoms with Crippen LogP contribution < -0.4 is 9.47 Å². The molecule has 1 aromatic carbocycles. The highest BCUT2D eigenvalue weighted by Gasteiger charge is 2.37. The molecule has 0 bridgehead atoms. The summed E-state index contributed by atoms with van der Waals surface area (Å²) in [6.45, 7) is 2.22. The number of nitrogens with zero attached hydrogens (tertiary/aromatic N) is 3. The van der Waals surface area contributed by atoms with Gasteiger partial charge in [-0.25, -0.2) is 0 Å². The summed E-state index contributed by atoms with van der Waals surface area (Å²) in [4.78, 5) is 14.5. The molecule has 1 amide bonds. The number of ether oxygens (including phenoxy) is 3. The lowest BCUT2D eigenvalue weighted by atomic mass is 10.0. The first-order valence-corrected chi connectivity index (χ1v) is 8.29. The molecule has 2 aromatic rings. The first-order valence-electron chi connectivity index (χ1n) is 8.29. The maximum Gasteiger partial charge on any atom is 0.227 e. The summed E-state index contributed by atoms with van der Waals surface area (Å²) >= 11 is 0. The molecule has 8 nitrogen and oxygen atoms in total. The summed E-state index contributed by atoms with van der Waals surface area (Å²) < 4.78 is 16.6. The minimum Gasteiger partial charge on any atom is -0.486 e. The Labute approximate surface area is 145 Å². The second-order valence-electron chi connectivity index (χ2n) is 6.23. The molecule has 1 saturated heterocycles. The minimum absolute atomic E-state index is 0.0352. The van der Waals surface area contributed by atoms with Crippen molar-refractivity contribution < 1.29 is 19.0 Å². The monoisotopic (exact) mass is 344 g/mol. The number of hydrogen-bond donors (Lipinski definition) is 1. The number of H-pyrrole nitrogens is 1. The highest BCUT2D eigenvalue weighted by Crippen LogP contribution is 2.32. The van der Waals surface area contributed by atoms with Gasteiger partial charge in [-0.3, -0.25) is 4.79 Å². The third kappa shape index (κ3) is 3.17. The van der Waals surface area contributed by atoms with Crippen LogP contribution in [0.15, 0.2) is 24.4 Å². The molecule has 0 saturated carbocycles. The highest BCUT2D eigenvalue weighted by molar-refractivity contribution is 5.79. The van der Waals surface area contributed by atoms with Crippen LogP contribution in [0.25, 0.3) is 0 Å². The molecule has 2 aliphatic heterocycles. The van der Waals surface area contributed by atoms with Crippen LogP contribution in [0.1, 0.15) is 17.2 Å². The van der Waals surface area contributed by atoms with Crippen molar-refractivity contribution in [2.45, 2.75) is 18.4 Å². The number of carbonyl (C=O) groups is 1. The molecule has 1 N–H and O–H groups in total. The molecule has 1 aromatic heterocycles. The average molecular weight is 344 g/mol. The Hall–Kier alpha value is -2.61. The predicted octanol–water partition coefficient (Wildman–Crippen LogP) is 0.759. The summed E-state index contributed by atoms with van der Waals surface area (Å²) in [6, 6.07) is 5.65. The maximum atomic E-state index is 12.7. The minimum atomic E-state index is -0.0747. The van der Waals surface area contributed by atoms with E-state index in [1.165, 1.54) is 0 Å². The number of methoxy groups -OCH3 is 1. The predicted molar refractivity (Wildman–Crippen MR) is 87.6 cm³/mol. The fraction of sp³-hybridized carbons (Fsp3) is 0.471. The van der Waals surface area contributed by atoms with Gasteiger partial charge in [0.2, 0.25) is 5.91 Å². The number of carbonyl (C=O) groups excluding carboxylic acids is 1. The van der Waals surface area contributed by atoms with Gasteiger partial charge in [-0.15, -0.1) is 0 Å². The number of benzene rings is 1. The molecule has 4 rings (SSSR count). The van der Waals surface area contributed by atoms with Gasteiger partial charge in [0.05, 0.1) is 30.3 Å². The smallest absolute Gasteiger partial charge is 0.227 e. The molecule has 2 aliphatic rings. The molecule has 2 atom stereocenters. The van der Waals surface area contributed by atoms with E-state index in [1.54, 1.807) is 13.3 Å².